The molecule has 21 heavy (non-hydrogen) atoms. The first kappa shape index (κ1) is 13.6. The van der Waals surface area contributed by atoms with E-state index in [9.17, 15) is 5.11 Å². The Balaban J connectivity index is 1.87. The standard InChI is InChI=1S/C17H16N2OS/c1-11-16(10-12-2-8-15(20)9-3-12)21-17(19-11)13-4-6-14(18)7-5-13/h2-9,20H,10,18H2,1H3. The van der Waals surface area contributed by atoms with E-state index in [0.717, 1.165) is 28.4 Å². The number of aromatic hydroxyl groups is 1. The summed E-state index contributed by atoms with van der Waals surface area (Å²) in [5.74, 6) is 0.294. The monoisotopic (exact) mass is 296 g/mol. The number of anilines is 1. The maximum Gasteiger partial charge on any atom is 0.123 e. The third-order valence-corrected chi connectivity index (χ3v) is 4.56. The van der Waals surface area contributed by atoms with Crippen molar-refractivity contribution >= 4 is 17.0 Å². The molecule has 0 saturated carbocycles. The van der Waals surface area contributed by atoms with Gasteiger partial charge in [-0.3, -0.25) is 0 Å². The van der Waals surface area contributed by atoms with Crippen LogP contribution in [0.15, 0.2) is 48.5 Å². The van der Waals surface area contributed by atoms with Crippen LogP contribution in [0.5, 0.6) is 5.75 Å². The van der Waals surface area contributed by atoms with Crippen LogP contribution in [-0.4, -0.2) is 10.1 Å². The lowest BCUT2D eigenvalue weighted by molar-refractivity contribution is 0.475. The number of phenolic OH excluding ortho intramolecular Hbond substituents is 1. The summed E-state index contributed by atoms with van der Waals surface area (Å²) in [4.78, 5) is 5.90. The van der Waals surface area contributed by atoms with Crippen molar-refractivity contribution in [3.05, 3.63) is 64.7 Å². The largest absolute Gasteiger partial charge is 0.508 e. The lowest BCUT2D eigenvalue weighted by atomic mass is 10.1. The average Bonchev–Trinajstić information content (AvgIpc) is 2.83. The molecule has 0 spiro atoms. The Bertz CT molecular complexity index is 745. The van der Waals surface area contributed by atoms with Crippen molar-refractivity contribution in [3.63, 3.8) is 0 Å². The van der Waals surface area contributed by atoms with E-state index in [1.54, 1.807) is 23.5 Å². The second-order valence-corrected chi connectivity index (χ2v) is 6.08. The lowest BCUT2D eigenvalue weighted by Crippen LogP contribution is -1.87. The molecule has 3 nitrogen and oxygen atoms in total. The number of aryl methyl sites for hydroxylation is 1. The van der Waals surface area contributed by atoms with Crippen LogP contribution in [0.25, 0.3) is 10.6 Å². The molecule has 0 amide bonds. The molecule has 106 valence electrons. The fourth-order valence-corrected chi connectivity index (χ4v) is 3.24. The van der Waals surface area contributed by atoms with Crippen molar-refractivity contribution in [2.45, 2.75) is 13.3 Å². The highest BCUT2D eigenvalue weighted by molar-refractivity contribution is 7.15. The van der Waals surface area contributed by atoms with Crippen molar-refractivity contribution in [3.8, 4) is 16.3 Å². The molecule has 3 N–H and O–H groups in total. The van der Waals surface area contributed by atoms with E-state index in [4.69, 9.17) is 5.73 Å². The van der Waals surface area contributed by atoms with E-state index in [-0.39, 0.29) is 0 Å². The predicted octanol–water partition coefficient (Wildman–Crippen LogP) is 4.00. The molecule has 0 atom stereocenters. The molecule has 3 aromatic rings. The summed E-state index contributed by atoms with van der Waals surface area (Å²) in [6.07, 6.45) is 0.832. The van der Waals surface area contributed by atoms with Gasteiger partial charge in [-0.2, -0.15) is 0 Å². The average molecular weight is 296 g/mol. The smallest absolute Gasteiger partial charge is 0.123 e. The van der Waals surface area contributed by atoms with Crippen molar-refractivity contribution < 1.29 is 5.11 Å². The molecule has 0 fully saturated rings. The van der Waals surface area contributed by atoms with Crippen LogP contribution in [0.3, 0.4) is 0 Å². The van der Waals surface area contributed by atoms with Crippen LogP contribution in [0, 0.1) is 6.92 Å². The number of phenols is 1. The number of hydrogen-bond acceptors (Lipinski definition) is 4. The van der Waals surface area contributed by atoms with Crippen LogP contribution in [-0.2, 0) is 6.42 Å². The van der Waals surface area contributed by atoms with Gasteiger partial charge >= 0.3 is 0 Å². The zero-order valence-electron chi connectivity index (χ0n) is 11.7. The third kappa shape index (κ3) is 3.06. The minimum Gasteiger partial charge on any atom is -0.508 e. The molecule has 4 heteroatoms. The minimum absolute atomic E-state index is 0.294. The number of nitrogens with two attached hydrogens (primary N) is 1. The molecule has 3 rings (SSSR count). The summed E-state index contributed by atoms with van der Waals surface area (Å²) in [7, 11) is 0. The second-order valence-electron chi connectivity index (χ2n) is 4.99. The molecule has 2 aromatic carbocycles. The van der Waals surface area contributed by atoms with Crippen molar-refractivity contribution in [2.24, 2.45) is 0 Å². The van der Waals surface area contributed by atoms with Gasteiger partial charge in [-0.15, -0.1) is 11.3 Å². The predicted molar refractivity (Wildman–Crippen MR) is 87.6 cm³/mol. The highest BCUT2D eigenvalue weighted by Crippen LogP contribution is 2.30. The Morgan fingerprint density at radius 3 is 2.38 bits per heavy atom. The second kappa shape index (κ2) is 5.58. The highest BCUT2D eigenvalue weighted by Gasteiger charge is 2.10. The normalized spacial score (nSPS) is 10.7. The Labute approximate surface area is 127 Å². The molecule has 0 bridgehead atoms. The third-order valence-electron chi connectivity index (χ3n) is 3.35. The summed E-state index contributed by atoms with van der Waals surface area (Å²) in [5.41, 5.74) is 9.79. The van der Waals surface area contributed by atoms with Crippen molar-refractivity contribution in [1.82, 2.24) is 4.98 Å². The number of hydrogen-bond donors (Lipinski definition) is 2. The Kier molecular flexibility index (Phi) is 3.62. The number of nitrogen functional groups attached to an aromatic ring is 1. The fraction of sp³-hybridized carbons (Fsp3) is 0.118. The number of benzene rings is 2. The first-order valence-electron chi connectivity index (χ1n) is 6.72. The molecular formula is C17H16N2OS. The summed E-state index contributed by atoms with van der Waals surface area (Å²) in [6.45, 7) is 2.03. The lowest BCUT2D eigenvalue weighted by Gasteiger charge is -2.00. The van der Waals surface area contributed by atoms with E-state index >= 15 is 0 Å². The minimum atomic E-state index is 0.294. The van der Waals surface area contributed by atoms with Gasteiger partial charge in [0.1, 0.15) is 10.8 Å². The molecule has 1 aromatic heterocycles. The first-order chi connectivity index (χ1) is 10.1. The maximum absolute atomic E-state index is 9.33. The van der Waals surface area contributed by atoms with Crippen molar-refractivity contribution in [1.29, 1.82) is 0 Å². The van der Waals surface area contributed by atoms with Gasteiger partial charge in [-0.1, -0.05) is 12.1 Å². The Morgan fingerprint density at radius 2 is 1.71 bits per heavy atom. The Hall–Kier alpha value is -2.33. The van der Waals surface area contributed by atoms with E-state index < -0.39 is 0 Å². The maximum atomic E-state index is 9.33. The zero-order chi connectivity index (χ0) is 14.8. The van der Waals surface area contributed by atoms with Gasteiger partial charge in [-0.05, 0) is 48.9 Å². The summed E-state index contributed by atoms with van der Waals surface area (Å²) in [6, 6.07) is 15.1. The van der Waals surface area contributed by atoms with Gasteiger partial charge in [-0.25, -0.2) is 4.98 Å². The van der Waals surface area contributed by atoms with Gasteiger partial charge < -0.3 is 10.8 Å². The quantitative estimate of drug-likeness (QED) is 0.718. The number of nitrogens with zero attached hydrogens (tertiary/aromatic N) is 1. The molecule has 0 saturated heterocycles. The molecule has 0 unspecified atom stereocenters. The molecular weight excluding hydrogens is 280 g/mol. The van der Waals surface area contributed by atoms with Crippen LogP contribution >= 0.6 is 11.3 Å². The highest BCUT2D eigenvalue weighted by atomic mass is 32.1. The van der Waals surface area contributed by atoms with E-state index in [0.29, 0.717) is 5.75 Å². The molecule has 0 radical (unpaired) electrons. The first-order valence-corrected chi connectivity index (χ1v) is 7.53. The SMILES string of the molecule is Cc1nc(-c2ccc(N)cc2)sc1Cc1ccc(O)cc1. The van der Waals surface area contributed by atoms with E-state index in [1.165, 1.54) is 10.4 Å². The van der Waals surface area contributed by atoms with E-state index in [1.807, 2.05) is 43.3 Å². The summed E-state index contributed by atoms with van der Waals surface area (Å²) in [5, 5.41) is 10.3. The topological polar surface area (TPSA) is 59.1 Å². The van der Waals surface area contributed by atoms with Gasteiger partial charge in [0.15, 0.2) is 0 Å². The van der Waals surface area contributed by atoms with Crippen LogP contribution in [0.4, 0.5) is 5.69 Å². The number of thiazole rings is 1. The van der Waals surface area contributed by atoms with Gasteiger partial charge in [0.25, 0.3) is 0 Å². The fourth-order valence-electron chi connectivity index (χ4n) is 2.14. The van der Waals surface area contributed by atoms with Crippen LogP contribution in [0.1, 0.15) is 16.1 Å². The Morgan fingerprint density at radius 1 is 1.05 bits per heavy atom. The van der Waals surface area contributed by atoms with Gasteiger partial charge in [0, 0.05) is 22.5 Å². The molecule has 0 aliphatic heterocycles. The molecule has 1 heterocycles. The van der Waals surface area contributed by atoms with Crippen LogP contribution in [0.2, 0.25) is 0 Å². The summed E-state index contributed by atoms with van der Waals surface area (Å²) >= 11 is 1.70. The number of aromatic nitrogens is 1. The molecule has 0 aliphatic rings. The van der Waals surface area contributed by atoms with E-state index in [2.05, 4.69) is 4.98 Å². The van der Waals surface area contributed by atoms with Crippen LogP contribution < -0.4 is 5.73 Å². The summed E-state index contributed by atoms with van der Waals surface area (Å²) < 4.78 is 0. The van der Waals surface area contributed by atoms with Crippen molar-refractivity contribution in [2.75, 3.05) is 5.73 Å². The zero-order valence-corrected chi connectivity index (χ0v) is 12.5. The molecule has 0 aliphatic carbocycles. The number of rotatable bonds is 3. The van der Waals surface area contributed by atoms with Gasteiger partial charge in [0.2, 0.25) is 0 Å². The van der Waals surface area contributed by atoms with Gasteiger partial charge in [0.05, 0.1) is 5.69 Å².